The van der Waals surface area contributed by atoms with Gasteiger partial charge in [-0.15, -0.1) is 0 Å². The molecule has 0 amide bonds. The van der Waals surface area contributed by atoms with Crippen LogP contribution in [0.2, 0.25) is 0 Å². The SMILES string of the molecule is COc1ccccc1CNc1cc(C)nc(Nc2cc(C)cc(C)c2)n1. The van der Waals surface area contributed by atoms with Crippen molar-refractivity contribution in [2.75, 3.05) is 17.7 Å². The first-order chi connectivity index (χ1) is 12.5. The van der Waals surface area contributed by atoms with Gasteiger partial charge in [-0.3, -0.25) is 0 Å². The van der Waals surface area contributed by atoms with E-state index in [0.29, 0.717) is 12.5 Å². The third kappa shape index (κ3) is 4.51. The van der Waals surface area contributed by atoms with Crippen molar-refractivity contribution in [3.8, 4) is 5.75 Å². The van der Waals surface area contributed by atoms with E-state index in [-0.39, 0.29) is 0 Å². The molecule has 2 N–H and O–H groups in total. The van der Waals surface area contributed by atoms with Crippen LogP contribution in [0.1, 0.15) is 22.4 Å². The predicted octanol–water partition coefficient (Wildman–Crippen LogP) is 4.77. The average molecular weight is 348 g/mol. The quantitative estimate of drug-likeness (QED) is 0.672. The third-order valence-corrected chi connectivity index (χ3v) is 3.98. The lowest BCUT2D eigenvalue weighted by Crippen LogP contribution is -2.06. The van der Waals surface area contributed by atoms with Crippen molar-refractivity contribution in [2.24, 2.45) is 0 Å². The van der Waals surface area contributed by atoms with Crippen LogP contribution >= 0.6 is 0 Å². The first kappa shape index (κ1) is 17.7. The van der Waals surface area contributed by atoms with E-state index in [0.717, 1.165) is 28.5 Å². The second-order valence-corrected chi connectivity index (χ2v) is 6.38. The van der Waals surface area contributed by atoms with Gasteiger partial charge in [0.15, 0.2) is 0 Å². The molecule has 3 rings (SSSR count). The minimum Gasteiger partial charge on any atom is -0.496 e. The maximum atomic E-state index is 5.40. The van der Waals surface area contributed by atoms with E-state index in [1.54, 1.807) is 7.11 Å². The topological polar surface area (TPSA) is 59.1 Å². The Morgan fingerprint density at radius 2 is 1.65 bits per heavy atom. The zero-order valence-corrected chi connectivity index (χ0v) is 15.6. The molecule has 1 aromatic heterocycles. The monoisotopic (exact) mass is 348 g/mol. The lowest BCUT2D eigenvalue weighted by molar-refractivity contribution is 0.410. The summed E-state index contributed by atoms with van der Waals surface area (Å²) < 4.78 is 5.40. The molecule has 1 heterocycles. The van der Waals surface area contributed by atoms with E-state index in [9.17, 15) is 0 Å². The molecule has 0 saturated carbocycles. The standard InChI is InChI=1S/C21H24N4O/c1-14-9-15(2)11-18(10-14)24-21-23-16(3)12-20(25-21)22-13-17-7-5-6-8-19(17)26-4/h5-12H,13H2,1-4H3,(H2,22,23,24,25). The molecule has 5 heteroatoms. The molecule has 0 bridgehead atoms. The Morgan fingerprint density at radius 1 is 0.923 bits per heavy atom. The third-order valence-electron chi connectivity index (χ3n) is 3.98. The van der Waals surface area contributed by atoms with E-state index in [1.807, 2.05) is 37.3 Å². The van der Waals surface area contributed by atoms with Gasteiger partial charge >= 0.3 is 0 Å². The molecule has 0 aliphatic carbocycles. The van der Waals surface area contributed by atoms with Crippen molar-refractivity contribution in [1.29, 1.82) is 0 Å². The zero-order chi connectivity index (χ0) is 18.5. The van der Waals surface area contributed by atoms with Gasteiger partial charge < -0.3 is 15.4 Å². The van der Waals surface area contributed by atoms with Crippen LogP contribution in [-0.4, -0.2) is 17.1 Å². The van der Waals surface area contributed by atoms with Crippen LogP contribution in [-0.2, 0) is 6.54 Å². The van der Waals surface area contributed by atoms with Crippen molar-refractivity contribution in [3.05, 3.63) is 70.9 Å². The number of aryl methyl sites for hydroxylation is 3. The minimum atomic E-state index is 0.581. The second kappa shape index (κ2) is 7.87. The predicted molar refractivity (Wildman–Crippen MR) is 106 cm³/mol. The first-order valence-corrected chi connectivity index (χ1v) is 8.60. The summed E-state index contributed by atoms with van der Waals surface area (Å²) in [5.41, 5.74) is 5.37. The van der Waals surface area contributed by atoms with E-state index < -0.39 is 0 Å². The highest BCUT2D eigenvalue weighted by molar-refractivity contribution is 5.57. The normalized spacial score (nSPS) is 10.5. The summed E-state index contributed by atoms with van der Waals surface area (Å²) in [6.07, 6.45) is 0. The molecule has 0 fully saturated rings. The summed E-state index contributed by atoms with van der Waals surface area (Å²) >= 11 is 0. The van der Waals surface area contributed by atoms with E-state index >= 15 is 0 Å². The number of ether oxygens (including phenoxy) is 1. The molecule has 5 nitrogen and oxygen atoms in total. The van der Waals surface area contributed by atoms with Crippen LogP contribution in [0.4, 0.5) is 17.5 Å². The summed E-state index contributed by atoms with van der Waals surface area (Å²) in [5.74, 6) is 2.21. The summed E-state index contributed by atoms with van der Waals surface area (Å²) in [6, 6.07) is 16.2. The lowest BCUT2D eigenvalue weighted by atomic mass is 10.1. The Hall–Kier alpha value is -3.08. The summed E-state index contributed by atoms with van der Waals surface area (Å²) in [4.78, 5) is 9.07. The number of methoxy groups -OCH3 is 1. The minimum absolute atomic E-state index is 0.581. The van der Waals surface area contributed by atoms with Crippen LogP contribution in [0, 0.1) is 20.8 Å². The zero-order valence-electron chi connectivity index (χ0n) is 15.6. The van der Waals surface area contributed by atoms with Crippen LogP contribution in [0.5, 0.6) is 5.75 Å². The van der Waals surface area contributed by atoms with Gasteiger partial charge in [-0.1, -0.05) is 24.3 Å². The average Bonchev–Trinajstić information content (AvgIpc) is 2.59. The molecule has 0 radical (unpaired) electrons. The molecule has 26 heavy (non-hydrogen) atoms. The molecule has 0 saturated heterocycles. The Morgan fingerprint density at radius 3 is 2.38 bits per heavy atom. The van der Waals surface area contributed by atoms with Crippen molar-refractivity contribution in [1.82, 2.24) is 9.97 Å². The van der Waals surface area contributed by atoms with Gasteiger partial charge in [0, 0.05) is 29.6 Å². The number of nitrogens with zero attached hydrogens (tertiary/aromatic N) is 2. The summed E-state index contributed by atoms with van der Waals surface area (Å²) in [7, 11) is 1.68. The fourth-order valence-corrected chi connectivity index (χ4v) is 2.93. The molecule has 0 aliphatic heterocycles. The van der Waals surface area contributed by atoms with E-state index in [4.69, 9.17) is 4.74 Å². The van der Waals surface area contributed by atoms with Crippen molar-refractivity contribution in [3.63, 3.8) is 0 Å². The van der Waals surface area contributed by atoms with Crippen molar-refractivity contribution >= 4 is 17.5 Å². The van der Waals surface area contributed by atoms with Gasteiger partial charge in [0.05, 0.1) is 7.11 Å². The molecule has 134 valence electrons. The van der Waals surface area contributed by atoms with E-state index in [2.05, 4.69) is 52.6 Å². The van der Waals surface area contributed by atoms with Crippen LogP contribution in [0.3, 0.4) is 0 Å². The molecule has 2 aromatic carbocycles. The number of benzene rings is 2. The Bertz CT molecular complexity index is 888. The highest BCUT2D eigenvalue weighted by atomic mass is 16.5. The van der Waals surface area contributed by atoms with Crippen LogP contribution in [0.15, 0.2) is 48.5 Å². The van der Waals surface area contributed by atoms with Crippen molar-refractivity contribution < 1.29 is 4.74 Å². The van der Waals surface area contributed by atoms with Crippen LogP contribution in [0.25, 0.3) is 0 Å². The van der Waals surface area contributed by atoms with Gasteiger partial charge in [0.1, 0.15) is 11.6 Å². The molecule has 0 unspecified atom stereocenters. The maximum Gasteiger partial charge on any atom is 0.229 e. The van der Waals surface area contributed by atoms with Crippen LogP contribution < -0.4 is 15.4 Å². The largest absolute Gasteiger partial charge is 0.496 e. The Kier molecular flexibility index (Phi) is 5.37. The smallest absolute Gasteiger partial charge is 0.229 e. The summed E-state index contributed by atoms with van der Waals surface area (Å²) in [5, 5.41) is 6.65. The lowest BCUT2D eigenvalue weighted by Gasteiger charge is -2.12. The highest BCUT2D eigenvalue weighted by Crippen LogP contribution is 2.21. The molecule has 0 aliphatic rings. The van der Waals surface area contributed by atoms with Gasteiger partial charge in [-0.25, -0.2) is 4.98 Å². The van der Waals surface area contributed by atoms with Gasteiger partial charge in [0.25, 0.3) is 0 Å². The number of hydrogen-bond donors (Lipinski definition) is 2. The van der Waals surface area contributed by atoms with Crippen molar-refractivity contribution in [2.45, 2.75) is 27.3 Å². The van der Waals surface area contributed by atoms with Gasteiger partial charge in [-0.05, 0) is 50.1 Å². The Balaban J connectivity index is 1.77. The number of para-hydroxylation sites is 1. The maximum absolute atomic E-state index is 5.40. The number of nitrogens with one attached hydrogen (secondary N) is 2. The number of rotatable bonds is 6. The molecule has 0 spiro atoms. The first-order valence-electron chi connectivity index (χ1n) is 8.60. The second-order valence-electron chi connectivity index (χ2n) is 6.38. The molecule has 0 atom stereocenters. The molecule has 3 aromatic rings. The molecular formula is C21H24N4O. The highest BCUT2D eigenvalue weighted by Gasteiger charge is 2.06. The van der Waals surface area contributed by atoms with Gasteiger partial charge in [-0.2, -0.15) is 4.98 Å². The number of anilines is 3. The summed E-state index contributed by atoms with van der Waals surface area (Å²) in [6.45, 7) is 6.75. The Labute approximate surface area is 154 Å². The number of hydrogen-bond acceptors (Lipinski definition) is 5. The fourth-order valence-electron chi connectivity index (χ4n) is 2.93. The van der Waals surface area contributed by atoms with E-state index in [1.165, 1.54) is 11.1 Å². The number of aromatic nitrogens is 2. The van der Waals surface area contributed by atoms with Gasteiger partial charge in [0.2, 0.25) is 5.95 Å². The fraction of sp³-hybridized carbons (Fsp3) is 0.238. The molecular weight excluding hydrogens is 324 g/mol.